The zero-order valence-electron chi connectivity index (χ0n) is 11.0. The van der Waals surface area contributed by atoms with Crippen molar-refractivity contribution in [2.75, 3.05) is 0 Å². The highest BCUT2D eigenvalue weighted by Crippen LogP contribution is 2.31. The maximum atomic E-state index is 9.84. The van der Waals surface area contributed by atoms with E-state index in [1.807, 2.05) is 12.1 Å². The van der Waals surface area contributed by atoms with Crippen LogP contribution < -0.4 is 0 Å². The lowest BCUT2D eigenvalue weighted by atomic mass is 9.85. The molecule has 0 fully saturated rings. The molecule has 0 atom stereocenters. The highest BCUT2D eigenvalue weighted by molar-refractivity contribution is 5.40. The maximum Gasteiger partial charge on any atom is 0.119 e. The molecule has 16 heavy (non-hydrogen) atoms. The van der Waals surface area contributed by atoms with Crippen LogP contribution in [0.1, 0.15) is 58.1 Å². The van der Waals surface area contributed by atoms with Crippen LogP contribution in [0.15, 0.2) is 18.2 Å². The predicted octanol–water partition coefficient (Wildman–Crippen LogP) is 4.42. The van der Waals surface area contributed by atoms with E-state index in [1.165, 1.54) is 24.8 Å². The van der Waals surface area contributed by atoms with Crippen LogP contribution in [-0.2, 0) is 11.8 Å². The summed E-state index contributed by atoms with van der Waals surface area (Å²) in [4.78, 5) is 0. The van der Waals surface area contributed by atoms with Gasteiger partial charge < -0.3 is 5.11 Å². The van der Waals surface area contributed by atoms with Gasteiger partial charge in [0, 0.05) is 0 Å². The number of aryl methyl sites for hydroxylation is 1. The molecule has 90 valence electrons. The molecule has 0 radical (unpaired) electrons. The first-order valence-electron chi connectivity index (χ1n) is 6.27. The van der Waals surface area contributed by atoms with Crippen molar-refractivity contribution < 1.29 is 5.11 Å². The molecule has 1 aromatic rings. The molecule has 0 aliphatic rings. The molecular weight excluding hydrogens is 196 g/mol. The number of aromatic hydroxyl groups is 1. The Morgan fingerprint density at radius 1 is 1.12 bits per heavy atom. The largest absolute Gasteiger partial charge is 0.508 e. The average molecular weight is 220 g/mol. The second-order valence-corrected chi connectivity index (χ2v) is 5.56. The van der Waals surface area contributed by atoms with Gasteiger partial charge in [-0.05, 0) is 35.4 Å². The molecule has 0 aliphatic carbocycles. The van der Waals surface area contributed by atoms with Gasteiger partial charge in [-0.2, -0.15) is 0 Å². The Labute approximate surface area is 99.5 Å². The van der Waals surface area contributed by atoms with E-state index in [9.17, 15) is 5.11 Å². The van der Waals surface area contributed by atoms with Crippen molar-refractivity contribution in [1.82, 2.24) is 0 Å². The number of unbranched alkanes of at least 4 members (excludes halogenated alkanes) is 2. The van der Waals surface area contributed by atoms with Crippen molar-refractivity contribution in [1.29, 1.82) is 0 Å². The second-order valence-electron chi connectivity index (χ2n) is 5.56. The van der Waals surface area contributed by atoms with Gasteiger partial charge in [0.1, 0.15) is 5.75 Å². The van der Waals surface area contributed by atoms with Crippen molar-refractivity contribution in [3.05, 3.63) is 29.3 Å². The lowest BCUT2D eigenvalue weighted by Crippen LogP contribution is -2.11. The average Bonchev–Trinajstić information content (AvgIpc) is 2.19. The first kappa shape index (κ1) is 13.1. The van der Waals surface area contributed by atoms with Gasteiger partial charge in [0.25, 0.3) is 0 Å². The first-order valence-corrected chi connectivity index (χ1v) is 6.27. The van der Waals surface area contributed by atoms with Crippen molar-refractivity contribution in [3.63, 3.8) is 0 Å². The number of rotatable bonds is 4. The lowest BCUT2D eigenvalue weighted by molar-refractivity contribution is 0.446. The third-order valence-electron chi connectivity index (χ3n) is 2.94. The molecule has 0 heterocycles. The molecular formula is C15H24O. The molecule has 0 aromatic heterocycles. The fourth-order valence-electron chi connectivity index (χ4n) is 1.92. The zero-order valence-corrected chi connectivity index (χ0v) is 11.0. The van der Waals surface area contributed by atoms with E-state index in [-0.39, 0.29) is 5.41 Å². The van der Waals surface area contributed by atoms with E-state index >= 15 is 0 Å². The van der Waals surface area contributed by atoms with Gasteiger partial charge in [0.15, 0.2) is 0 Å². The molecule has 0 aliphatic heterocycles. The number of phenolic OH excluding ortho intramolecular Hbond substituents is 1. The van der Waals surface area contributed by atoms with E-state index in [1.54, 1.807) is 0 Å². The summed E-state index contributed by atoms with van der Waals surface area (Å²) in [7, 11) is 0. The number of hydrogen-bond acceptors (Lipinski definition) is 1. The summed E-state index contributed by atoms with van der Waals surface area (Å²) < 4.78 is 0. The highest BCUT2D eigenvalue weighted by atomic mass is 16.3. The molecule has 1 N–H and O–H groups in total. The Morgan fingerprint density at radius 2 is 1.81 bits per heavy atom. The Kier molecular flexibility index (Phi) is 4.40. The Balaban J connectivity index is 2.82. The summed E-state index contributed by atoms with van der Waals surface area (Å²) in [5.74, 6) is 0.423. The van der Waals surface area contributed by atoms with Gasteiger partial charge in [0.2, 0.25) is 0 Å². The standard InChI is InChI=1S/C15H24O/c1-5-6-7-8-12-9-10-14(16)13(11-12)15(2,3)4/h9-11,16H,5-8H2,1-4H3. The predicted molar refractivity (Wildman–Crippen MR) is 70.0 cm³/mol. The summed E-state index contributed by atoms with van der Waals surface area (Å²) in [5.41, 5.74) is 2.42. The zero-order chi connectivity index (χ0) is 12.2. The smallest absolute Gasteiger partial charge is 0.119 e. The third-order valence-corrected chi connectivity index (χ3v) is 2.94. The second kappa shape index (κ2) is 5.38. The van der Waals surface area contributed by atoms with Gasteiger partial charge in [0.05, 0.1) is 0 Å². The molecule has 1 aromatic carbocycles. The minimum Gasteiger partial charge on any atom is -0.508 e. The molecule has 1 rings (SSSR count). The van der Waals surface area contributed by atoms with E-state index in [0.717, 1.165) is 12.0 Å². The van der Waals surface area contributed by atoms with Crippen molar-refractivity contribution in [3.8, 4) is 5.75 Å². The van der Waals surface area contributed by atoms with Crippen LogP contribution in [0.2, 0.25) is 0 Å². The van der Waals surface area contributed by atoms with Crippen LogP contribution in [0.3, 0.4) is 0 Å². The maximum absolute atomic E-state index is 9.84. The molecule has 0 saturated heterocycles. The van der Waals surface area contributed by atoms with Crippen LogP contribution in [0, 0.1) is 0 Å². The molecule has 0 amide bonds. The first-order chi connectivity index (χ1) is 7.45. The Morgan fingerprint density at radius 3 is 2.38 bits per heavy atom. The molecule has 0 spiro atoms. The van der Waals surface area contributed by atoms with Crippen LogP contribution in [0.4, 0.5) is 0 Å². The number of phenols is 1. The van der Waals surface area contributed by atoms with Gasteiger partial charge in [-0.15, -0.1) is 0 Å². The summed E-state index contributed by atoms with van der Waals surface area (Å²) in [6.07, 6.45) is 4.90. The van der Waals surface area contributed by atoms with Crippen LogP contribution in [0.25, 0.3) is 0 Å². The normalized spacial score (nSPS) is 11.8. The summed E-state index contributed by atoms with van der Waals surface area (Å²) in [6.45, 7) is 8.63. The van der Waals surface area contributed by atoms with E-state index in [0.29, 0.717) is 5.75 Å². The number of benzene rings is 1. The minimum absolute atomic E-state index is 0.0187. The van der Waals surface area contributed by atoms with E-state index in [4.69, 9.17) is 0 Å². The van der Waals surface area contributed by atoms with Crippen molar-refractivity contribution in [2.24, 2.45) is 0 Å². The Bertz CT molecular complexity index is 334. The fraction of sp³-hybridized carbons (Fsp3) is 0.600. The number of hydrogen-bond donors (Lipinski definition) is 1. The summed E-state index contributed by atoms with van der Waals surface area (Å²) in [6, 6.07) is 6.03. The molecule has 0 saturated carbocycles. The monoisotopic (exact) mass is 220 g/mol. The molecule has 0 bridgehead atoms. The van der Waals surface area contributed by atoms with Gasteiger partial charge in [-0.25, -0.2) is 0 Å². The SMILES string of the molecule is CCCCCc1ccc(O)c(C(C)(C)C)c1. The van der Waals surface area contributed by atoms with Crippen LogP contribution in [0.5, 0.6) is 5.75 Å². The minimum atomic E-state index is 0.0187. The van der Waals surface area contributed by atoms with Crippen molar-refractivity contribution in [2.45, 2.75) is 58.8 Å². The quantitative estimate of drug-likeness (QED) is 0.745. The summed E-state index contributed by atoms with van der Waals surface area (Å²) in [5, 5.41) is 9.84. The summed E-state index contributed by atoms with van der Waals surface area (Å²) >= 11 is 0. The third kappa shape index (κ3) is 3.55. The van der Waals surface area contributed by atoms with Crippen molar-refractivity contribution >= 4 is 0 Å². The van der Waals surface area contributed by atoms with Crippen LogP contribution in [-0.4, -0.2) is 5.11 Å². The molecule has 1 heteroatoms. The van der Waals surface area contributed by atoms with E-state index in [2.05, 4.69) is 33.8 Å². The molecule has 1 nitrogen and oxygen atoms in total. The lowest BCUT2D eigenvalue weighted by Gasteiger charge is -2.21. The highest BCUT2D eigenvalue weighted by Gasteiger charge is 2.18. The van der Waals surface area contributed by atoms with Crippen LogP contribution >= 0.6 is 0 Å². The van der Waals surface area contributed by atoms with Gasteiger partial charge in [-0.3, -0.25) is 0 Å². The fourth-order valence-corrected chi connectivity index (χ4v) is 1.92. The Hall–Kier alpha value is -0.980. The van der Waals surface area contributed by atoms with Gasteiger partial charge in [-0.1, -0.05) is 52.7 Å². The van der Waals surface area contributed by atoms with Gasteiger partial charge >= 0.3 is 0 Å². The topological polar surface area (TPSA) is 20.2 Å². The van der Waals surface area contributed by atoms with E-state index < -0.39 is 0 Å². The molecule has 0 unspecified atom stereocenters.